The number of hydrogen-bond acceptors (Lipinski definition) is 8. The van der Waals surface area contributed by atoms with Crippen LogP contribution in [0.5, 0.6) is 0 Å². The monoisotopic (exact) mass is 378 g/mol. The fraction of sp³-hybridized carbons (Fsp3) is 0.722. The van der Waals surface area contributed by atoms with Crippen LogP contribution in [0.2, 0.25) is 0 Å². The molecule has 0 radical (unpaired) electrons. The van der Waals surface area contributed by atoms with Crippen molar-refractivity contribution in [2.75, 3.05) is 50.9 Å². The van der Waals surface area contributed by atoms with Gasteiger partial charge in [-0.3, -0.25) is 9.78 Å². The van der Waals surface area contributed by atoms with E-state index in [1.165, 1.54) is 6.20 Å². The first-order valence-corrected chi connectivity index (χ1v) is 9.53. The molecule has 3 fully saturated rings. The van der Waals surface area contributed by atoms with Gasteiger partial charge in [0.15, 0.2) is 0 Å². The van der Waals surface area contributed by atoms with Crippen LogP contribution in [-0.4, -0.2) is 94.8 Å². The Morgan fingerprint density at radius 1 is 1.11 bits per heavy atom. The Balaban J connectivity index is 1.43. The third kappa shape index (κ3) is 3.64. The number of rotatable bonds is 2. The van der Waals surface area contributed by atoms with E-state index in [2.05, 4.69) is 9.97 Å². The van der Waals surface area contributed by atoms with Gasteiger partial charge in [-0.2, -0.15) is 0 Å². The van der Waals surface area contributed by atoms with Gasteiger partial charge in [0.1, 0.15) is 17.6 Å². The predicted molar refractivity (Wildman–Crippen MR) is 95.5 cm³/mol. The van der Waals surface area contributed by atoms with E-state index in [0.717, 1.165) is 0 Å². The number of hydrogen-bond donors (Lipinski definition) is 2. The molecule has 2 N–H and O–H groups in total. The van der Waals surface area contributed by atoms with Crippen molar-refractivity contribution in [1.29, 1.82) is 0 Å². The summed E-state index contributed by atoms with van der Waals surface area (Å²) in [5.74, 6) is 0.519. The van der Waals surface area contributed by atoms with Crippen molar-refractivity contribution in [2.45, 2.75) is 37.1 Å². The zero-order valence-electron chi connectivity index (χ0n) is 15.3. The van der Waals surface area contributed by atoms with Crippen molar-refractivity contribution in [1.82, 2.24) is 14.9 Å². The molecule has 3 aliphatic rings. The van der Waals surface area contributed by atoms with Crippen LogP contribution >= 0.6 is 0 Å². The molecule has 1 aromatic heterocycles. The van der Waals surface area contributed by atoms with Crippen molar-refractivity contribution in [3.05, 3.63) is 18.1 Å². The molecule has 27 heavy (non-hydrogen) atoms. The molecule has 4 rings (SSSR count). The van der Waals surface area contributed by atoms with E-state index < -0.39 is 17.8 Å². The number of morpholine rings is 1. The summed E-state index contributed by atoms with van der Waals surface area (Å²) in [5, 5.41) is 20.4. The number of carbonyl (C=O) groups excluding carboxylic acids is 1. The number of anilines is 1. The van der Waals surface area contributed by atoms with Gasteiger partial charge in [0, 0.05) is 26.2 Å². The molecule has 0 aliphatic carbocycles. The molecule has 2 atom stereocenters. The highest BCUT2D eigenvalue weighted by Crippen LogP contribution is 2.36. The molecule has 1 amide bonds. The standard InChI is InChI=1S/C18H26N4O5/c23-14-1-8-27-18(16(14)24)2-4-21(5-3-18)15-12-19-11-13(20-15)17(25)22-6-9-26-10-7-22/h11-12,14,16,23-24H,1-10H2/t14-,16-/m0/s1. The van der Waals surface area contributed by atoms with Crippen LogP contribution in [0.15, 0.2) is 12.4 Å². The number of carbonyl (C=O) groups is 1. The highest BCUT2D eigenvalue weighted by molar-refractivity contribution is 5.92. The second-order valence-electron chi connectivity index (χ2n) is 7.37. The Morgan fingerprint density at radius 2 is 1.85 bits per heavy atom. The Morgan fingerprint density at radius 3 is 2.59 bits per heavy atom. The molecule has 3 saturated heterocycles. The van der Waals surface area contributed by atoms with E-state index in [4.69, 9.17) is 9.47 Å². The molecular weight excluding hydrogens is 352 g/mol. The number of amides is 1. The largest absolute Gasteiger partial charge is 0.390 e. The minimum atomic E-state index is -0.867. The van der Waals surface area contributed by atoms with Crippen molar-refractivity contribution in [3.8, 4) is 0 Å². The summed E-state index contributed by atoms with van der Waals surface area (Å²) in [4.78, 5) is 25.1. The Hall–Kier alpha value is -1.81. The molecule has 0 saturated carbocycles. The minimum Gasteiger partial charge on any atom is -0.390 e. The van der Waals surface area contributed by atoms with E-state index in [0.29, 0.717) is 76.8 Å². The molecular formula is C18H26N4O5. The number of ether oxygens (including phenoxy) is 2. The molecule has 0 bridgehead atoms. The van der Waals surface area contributed by atoms with Crippen molar-refractivity contribution >= 4 is 11.7 Å². The quantitative estimate of drug-likeness (QED) is 0.704. The summed E-state index contributed by atoms with van der Waals surface area (Å²) in [6, 6.07) is 0. The first kappa shape index (κ1) is 18.5. The Kier molecular flexibility index (Phi) is 5.27. The summed E-state index contributed by atoms with van der Waals surface area (Å²) in [6.07, 6.45) is 3.19. The van der Waals surface area contributed by atoms with Crippen molar-refractivity contribution < 1.29 is 24.5 Å². The first-order valence-electron chi connectivity index (χ1n) is 9.53. The lowest BCUT2D eigenvalue weighted by Crippen LogP contribution is -2.60. The van der Waals surface area contributed by atoms with Gasteiger partial charge >= 0.3 is 0 Å². The predicted octanol–water partition coefficient (Wildman–Crippen LogP) is -0.570. The number of piperidine rings is 1. The van der Waals surface area contributed by atoms with E-state index in [9.17, 15) is 15.0 Å². The lowest BCUT2D eigenvalue weighted by Gasteiger charge is -2.48. The summed E-state index contributed by atoms with van der Waals surface area (Å²) >= 11 is 0. The van der Waals surface area contributed by atoms with Gasteiger partial charge < -0.3 is 29.5 Å². The summed E-state index contributed by atoms with van der Waals surface area (Å²) < 4.78 is 11.2. The molecule has 148 valence electrons. The zero-order valence-corrected chi connectivity index (χ0v) is 15.3. The van der Waals surface area contributed by atoms with Crippen LogP contribution in [-0.2, 0) is 9.47 Å². The van der Waals surface area contributed by atoms with E-state index in [1.807, 2.05) is 4.90 Å². The second-order valence-corrected chi connectivity index (χ2v) is 7.37. The molecule has 9 nitrogen and oxygen atoms in total. The van der Waals surface area contributed by atoms with E-state index in [-0.39, 0.29) is 5.91 Å². The number of aromatic nitrogens is 2. The lowest BCUT2D eigenvalue weighted by atomic mass is 9.80. The average Bonchev–Trinajstić information content (AvgIpc) is 2.73. The highest BCUT2D eigenvalue weighted by atomic mass is 16.5. The van der Waals surface area contributed by atoms with Crippen LogP contribution < -0.4 is 4.90 Å². The minimum absolute atomic E-state index is 0.129. The van der Waals surface area contributed by atoms with Crippen LogP contribution in [0.3, 0.4) is 0 Å². The second kappa shape index (κ2) is 7.67. The van der Waals surface area contributed by atoms with Gasteiger partial charge in [0.2, 0.25) is 0 Å². The van der Waals surface area contributed by atoms with Crippen molar-refractivity contribution in [3.63, 3.8) is 0 Å². The van der Waals surface area contributed by atoms with Gasteiger partial charge in [0.25, 0.3) is 5.91 Å². The van der Waals surface area contributed by atoms with Crippen molar-refractivity contribution in [2.24, 2.45) is 0 Å². The molecule has 4 heterocycles. The van der Waals surface area contributed by atoms with Gasteiger partial charge in [-0.25, -0.2) is 4.98 Å². The van der Waals surface area contributed by atoms with Crippen LogP contribution in [0.25, 0.3) is 0 Å². The number of aliphatic hydroxyl groups is 2. The fourth-order valence-electron chi connectivity index (χ4n) is 4.07. The summed E-state index contributed by atoms with van der Waals surface area (Å²) in [7, 11) is 0. The maximum Gasteiger partial charge on any atom is 0.274 e. The average molecular weight is 378 g/mol. The van der Waals surface area contributed by atoms with Crippen LogP contribution in [0.4, 0.5) is 5.82 Å². The third-order valence-electron chi connectivity index (χ3n) is 5.78. The van der Waals surface area contributed by atoms with Gasteiger partial charge in [0.05, 0.1) is 43.9 Å². The SMILES string of the molecule is O=C(c1cncc(N2CCC3(CC2)OCC[C@H](O)[C@@H]3O)n1)N1CCOCC1. The lowest BCUT2D eigenvalue weighted by molar-refractivity contribution is -0.205. The Bertz CT molecular complexity index is 673. The topological polar surface area (TPSA) is 108 Å². The van der Waals surface area contributed by atoms with Crippen LogP contribution in [0.1, 0.15) is 29.8 Å². The molecule has 3 aliphatic heterocycles. The fourth-order valence-corrected chi connectivity index (χ4v) is 4.07. The molecule has 1 spiro atoms. The first-order chi connectivity index (χ1) is 13.1. The van der Waals surface area contributed by atoms with Gasteiger partial charge in [-0.1, -0.05) is 0 Å². The van der Waals surface area contributed by atoms with E-state index >= 15 is 0 Å². The highest BCUT2D eigenvalue weighted by Gasteiger charge is 2.47. The summed E-state index contributed by atoms with van der Waals surface area (Å²) in [6.45, 7) is 3.91. The zero-order chi connectivity index (χ0) is 18.9. The van der Waals surface area contributed by atoms with Crippen LogP contribution in [0, 0.1) is 0 Å². The molecule has 9 heteroatoms. The molecule has 0 aromatic carbocycles. The summed E-state index contributed by atoms with van der Waals surface area (Å²) in [5.41, 5.74) is -0.359. The maximum absolute atomic E-state index is 12.6. The maximum atomic E-state index is 12.6. The molecule has 0 unspecified atom stereocenters. The molecule has 1 aromatic rings. The third-order valence-corrected chi connectivity index (χ3v) is 5.78. The Labute approximate surface area is 157 Å². The number of aliphatic hydroxyl groups excluding tert-OH is 2. The normalized spacial score (nSPS) is 28.4. The van der Waals surface area contributed by atoms with Gasteiger partial charge in [-0.15, -0.1) is 0 Å². The van der Waals surface area contributed by atoms with E-state index in [1.54, 1.807) is 11.1 Å². The smallest absolute Gasteiger partial charge is 0.274 e. The number of nitrogens with zero attached hydrogens (tertiary/aromatic N) is 4. The van der Waals surface area contributed by atoms with Gasteiger partial charge in [-0.05, 0) is 19.3 Å².